The van der Waals surface area contributed by atoms with E-state index in [0.29, 0.717) is 18.6 Å². The zero-order chi connectivity index (χ0) is 14.4. The molecule has 2 unspecified atom stereocenters. The second kappa shape index (κ2) is 8.41. The topological polar surface area (TPSA) is 39.1 Å². The lowest BCUT2D eigenvalue weighted by atomic mass is 9.96. The highest BCUT2D eigenvalue weighted by Crippen LogP contribution is 2.36. The van der Waals surface area contributed by atoms with Crippen molar-refractivity contribution in [3.63, 3.8) is 0 Å². The smallest absolute Gasteiger partial charge is 0.0699 e. The largest absolute Gasteiger partial charge is 0.383 e. The molecule has 1 aromatic rings. The molecule has 0 bridgehead atoms. The van der Waals surface area contributed by atoms with Gasteiger partial charge in [-0.25, -0.2) is 0 Å². The molecule has 1 aliphatic heterocycles. The SMILES string of the molecule is CCCNC(c1c(Br)cnn1CCOC)C1CCSC1. The number of hydrogen-bond acceptors (Lipinski definition) is 4. The summed E-state index contributed by atoms with van der Waals surface area (Å²) in [7, 11) is 1.73. The van der Waals surface area contributed by atoms with Crippen LogP contribution in [0.4, 0.5) is 0 Å². The maximum absolute atomic E-state index is 5.20. The van der Waals surface area contributed by atoms with E-state index in [-0.39, 0.29) is 0 Å². The highest BCUT2D eigenvalue weighted by molar-refractivity contribution is 9.10. The van der Waals surface area contributed by atoms with Gasteiger partial charge in [-0.1, -0.05) is 6.92 Å². The van der Waals surface area contributed by atoms with E-state index in [2.05, 4.69) is 49.7 Å². The molecule has 0 radical (unpaired) electrons. The fraction of sp³-hybridized carbons (Fsp3) is 0.786. The number of nitrogens with one attached hydrogen (secondary N) is 1. The highest BCUT2D eigenvalue weighted by atomic mass is 79.9. The molecule has 0 aromatic carbocycles. The number of halogens is 1. The van der Waals surface area contributed by atoms with Gasteiger partial charge in [0.15, 0.2) is 0 Å². The fourth-order valence-corrected chi connectivity index (χ4v) is 4.48. The van der Waals surface area contributed by atoms with Gasteiger partial charge in [0, 0.05) is 7.11 Å². The van der Waals surface area contributed by atoms with Crippen LogP contribution in [0.2, 0.25) is 0 Å². The molecular formula is C14H24BrN3OS. The molecule has 0 saturated carbocycles. The zero-order valence-electron chi connectivity index (χ0n) is 12.3. The minimum atomic E-state index is 0.388. The van der Waals surface area contributed by atoms with E-state index >= 15 is 0 Å². The van der Waals surface area contributed by atoms with Gasteiger partial charge >= 0.3 is 0 Å². The van der Waals surface area contributed by atoms with Crippen LogP contribution in [-0.2, 0) is 11.3 Å². The van der Waals surface area contributed by atoms with Crippen LogP contribution < -0.4 is 5.32 Å². The van der Waals surface area contributed by atoms with Crippen molar-refractivity contribution in [3.05, 3.63) is 16.4 Å². The van der Waals surface area contributed by atoms with Gasteiger partial charge in [-0.15, -0.1) is 0 Å². The van der Waals surface area contributed by atoms with E-state index < -0.39 is 0 Å². The molecule has 1 saturated heterocycles. The molecule has 4 nitrogen and oxygen atoms in total. The molecule has 1 N–H and O–H groups in total. The number of hydrogen-bond donors (Lipinski definition) is 1. The maximum atomic E-state index is 5.20. The first-order chi connectivity index (χ1) is 9.77. The van der Waals surface area contributed by atoms with Crippen LogP contribution in [0.15, 0.2) is 10.7 Å². The second-order valence-electron chi connectivity index (χ2n) is 5.15. The average molecular weight is 362 g/mol. The van der Waals surface area contributed by atoms with Gasteiger partial charge in [-0.05, 0) is 52.7 Å². The van der Waals surface area contributed by atoms with Crippen molar-refractivity contribution in [3.8, 4) is 0 Å². The van der Waals surface area contributed by atoms with Crippen LogP contribution in [0, 0.1) is 5.92 Å². The molecule has 2 rings (SSSR count). The molecule has 2 atom stereocenters. The Hall–Kier alpha value is -0.0400. The Morgan fingerprint density at radius 1 is 1.65 bits per heavy atom. The van der Waals surface area contributed by atoms with Gasteiger partial charge in [-0.2, -0.15) is 16.9 Å². The van der Waals surface area contributed by atoms with Crippen molar-refractivity contribution in [2.45, 2.75) is 32.4 Å². The quantitative estimate of drug-likeness (QED) is 0.772. The van der Waals surface area contributed by atoms with Gasteiger partial charge in [0.05, 0.1) is 35.6 Å². The van der Waals surface area contributed by atoms with Crippen LogP contribution in [-0.4, -0.2) is 41.5 Å². The van der Waals surface area contributed by atoms with Crippen LogP contribution in [0.25, 0.3) is 0 Å². The maximum Gasteiger partial charge on any atom is 0.0699 e. The molecule has 0 spiro atoms. The minimum absolute atomic E-state index is 0.388. The van der Waals surface area contributed by atoms with Crippen molar-refractivity contribution in [2.75, 3.05) is 31.8 Å². The van der Waals surface area contributed by atoms with E-state index in [1.165, 1.54) is 23.6 Å². The lowest BCUT2D eigenvalue weighted by Gasteiger charge is -2.26. The van der Waals surface area contributed by atoms with Crippen LogP contribution in [0.3, 0.4) is 0 Å². The van der Waals surface area contributed by atoms with Crippen molar-refractivity contribution in [1.82, 2.24) is 15.1 Å². The van der Waals surface area contributed by atoms with E-state index in [9.17, 15) is 0 Å². The molecule has 20 heavy (non-hydrogen) atoms. The van der Waals surface area contributed by atoms with Crippen LogP contribution in [0.1, 0.15) is 31.5 Å². The summed E-state index contributed by atoms with van der Waals surface area (Å²) in [4.78, 5) is 0. The summed E-state index contributed by atoms with van der Waals surface area (Å²) in [6, 6.07) is 0.388. The number of ether oxygens (including phenoxy) is 1. The molecule has 1 aromatic heterocycles. The Labute approximate surface area is 134 Å². The van der Waals surface area contributed by atoms with Gasteiger partial charge in [-0.3, -0.25) is 4.68 Å². The number of nitrogens with zero attached hydrogens (tertiary/aromatic N) is 2. The average Bonchev–Trinajstić information content (AvgIpc) is 3.09. The third-order valence-electron chi connectivity index (χ3n) is 3.69. The van der Waals surface area contributed by atoms with Crippen molar-refractivity contribution in [2.24, 2.45) is 5.92 Å². The number of thioether (sulfide) groups is 1. The zero-order valence-corrected chi connectivity index (χ0v) is 14.7. The highest BCUT2D eigenvalue weighted by Gasteiger charge is 2.30. The van der Waals surface area contributed by atoms with Gasteiger partial charge in [0.25, 0.3) is 0 Å². The van der Waals surface area contributed by atoms with E-state index in [1.807, 2.05) is 6.20 Å². The summed E-state index contributed by atoms with van der Waals surface area (Å²) in [6.07, 6.45) is 4.35. The summed E-state index contributed by atoms with van der Waals surface area (Å²) < 4.78 is 8.39. The van der Waals surface area contributed by atoms with E-state index in [0.717, 1.165) is 24.0 Å². The van der Waals surface area contributed by atoms with Crippen molar-refractivity contribution < 1.29 is 4.74 Å². The molecule has 0 aliphatic carbocycles. The third kappa shape index (κ3) is 4.00. The van der Waals surface area contributed by atoms with E-state index in [4.69, 9.17) is 4.74 Å². The summed E-state index contributed by atoms with van der Waals surface area (Å²) in [5.41, 5.74) is 1.28. The monoisotopic (exact) mass is 361 g/mol. The first kappa shape index (κ1) is 16.3. The number of rotatable bonds is 8. The van der Waals surface area contributed by atoms with E-state index in [1.54, 1.807) is 7.11 Å². The van der Waals surface area contributed by atoms with Crippen molar-refractivity contribution >= 4 is 27.7 Å². The molecular weight excluding hydrogens is 338 g/mol. The fourth-order valence-electron chi connectivity index (χ4n) is 2.64. The molecule has 1 fully saturated rings. The summed E-state index contributed by atoms with van der Waals surface area (Å²) >= 11 is 5.74. The predicted molar refractivity (Wildman–Crippen MR) is 88.3 cm³/mol. The standard InChI is InChI=1S/C14H24BrN3OS/c1-3-5-16-13(11-4-8-20-10-11)14-12(15)9-17-18(14)6-7-19-2/h9,11,13,16H,3-8,10H2,1-2H3. The summed E-state index contributed by atoms with van der Waals surface area (Å²) in [6.45, 7) is 4.76. The molecule has 6 heteroatoms. The summed E-state index contributed by atoms with van der Waals surface area (Å²) in [5, 5.41) is 8.22. The Morgan fingerprint density at radius 2 is 2.50 bits per heavy atom. The van der Waals surface area contributed by atoms with Gasteiger partial charge in [0.2, 0.25) is 0 Å². The van der Waals surface area contributed by atoms with Crippen LogP contribution in [0.5, 0.6) is 0 Å². The molecule has 1 aliphatic rings. The summed E-state index contributed by atoms with van der Waals surface area (Å²) in [5.74, 6) is 3.21. The lowest BCUT2D eigenvalue weighted by Crippen LogP contribution is -2.31. The minimum Gasteiger partial charge on any atom is -0.383 e. The Kier molecular flexibility index (Phi) is 6.87. The molecule has 114 valence electrons. The second-order valence-corrected chi connectivity index (χ2v) is 7.15. The Bertz CT molecular complexity index is 407. The molecule has 0 amide bonds. The first-order valence-electron chi connectivity index (χ1n) is 7.29. The predicted octanol–water partition coefficient (Wildman–Crippen LogP) is 3.09. The third-order valence-corrected chi connectivity index (χ3v) is 5.48. The Morgan fingerprint density at radius 3 is 3.15 bits per heavy atom. The van der Waals surface area contributed by atoms with Crippen LogP contribution >= 0.6 is 27.7 Å². The van der Waals surface area contributed by atoms with Crippen molar-refractivity contribution in [1.29, 1.82) is 0 Å². The van der Waals surface area contributed by atoms with Gasteiger partial charge < -0.3 is 10.1 Å². The normalized spacial score (nSPS) is 20.4. The van der Waals surface area contributed by atoms with Gasteiger partial charge in [0.1, 0.15) is 0 Å². The number of aromatic nitrogens is 2. The Balaban J connectivity index is 2.19. The first-order valence-corrected chi connectivity index (χ1v) is 9.24. The molecule has 2 heterocycles. The number of methoxy groups -OCH3 is 1. The lowest BCUT2D eigenvalue weighted by molar-refractivity contribution is 0.180.